The van der Waals surface area contributed by atoms with Crippen molar-refractivity contribution in [2.75, 3.05) is 68.8 Å². The zero-order chi connectivity index (χ0) is 105. The second-order valence-electron chi connectivity index (χ2n) is 45.4. The number of aryl methyl sites for hydroxylation is 4. The number of carbonyl (C=O) groups excluding carboxylic acids is 4. The molecule has 4 N–H and O–H groups in total. The van der Waals surface area contributed by atoms with Crippen molar-refractivity contribution in [3.63, 3.8) is 0 Å². The Morgan fingerprint density at radius 1 is 0.338 bits per heavy atom. The van der Waals surface area contributed by atoms with Crippen LogP contribution >= 0.6 is 0 Å². The molecular formula is C124H156N8O16. The highest BCUT2D eigenvalue weighted by Crippen LogP contribution is 2.50. The molecule has 0 amide bonds. The van der Waals surface area contributed by atoms with Crippen molar-refractivity contribution in [1.82, 2.24) is 38.7 Å². The zero-order valence-corrected chi connectivity index (χ0v) is 91.1. The van der Waals surface area contributed by atoms with Crippen molar-refractivity contribution < 1.29 is 76.9 Å². The molecule has 0 bridgehead atoms. The van der Waals surface area contributed by atoms with Gasteiger partial charge in [-0.05, 0) is 435 Å². The Kier molecular flexibility index (Phi) is 33.1. The minimum Gasteiger partial charge on any atom is -0.496 e. The number of benzene rings is 8. The molecule has 8 atom stereocenters. The molecule has 0 spiro atoms. The van der Waals surface area contributed by atoms with Crippen molar-refractivity contribution in [3.8, 4) is 23.0 Å². The van der Waals surface area contributed by atoms with Gasteiger partial charge in [-0.25, -0.2) is 28.8 Å². The summed E-state index contributed by atoms with van der Waals surface area (Å²) < 4.78 is 48.5. The summed E-state index contributed by atoms with van der Waals surface area (Å²) in [5, 5.41) is 24.0. The first kappa shape index (κ1) is 107. The van der Waals surface area contributed by atoms with Gasteiger partial charge in [-0.2, -0.15) is 0 Å². The summed E-state index contributed by atoms with van der Waals surface area (Å²) >= 11 is 0. The number of aromatic carboxylic acids is 2. The molecule has 4 fully saturated rings. The van der Waals surface area contributed by atoms with E-state index in [9.17, 15) is 39.0 Å². The van der Waals surface area contributed by atoms with E-state index < -0.39 is 23.1 Å². The molecule has 20 rings (SSSR count). The van der Waals surface area contributed by atoms with E-state index in [1.807, 2.05) is 129 Å². The summed E-state index contributed by atoms with van der Waals surface area (Å²) in [4.78, 5) is 92.3. The van der Waals surface area contributed by atoms with Gasteiger partial charge >= 0.3 is 36.1 Å². The maximum Gasteiger partial charge on any atom is 0.419 e. The quantitative estimate of drug-likeness (QED) is 0.0408. The molecule has 24 heteroatoms. The number of hydrogen-bond acceptors (Lipinski definition) is 18. The van der Waals surface area contributed by atoms with Gasteiger partial charge in [0.25, 0.3) is 0 Å². The van der Waals surface area contributed by atoms with Crippen molar-refractivity contribution in [3.05, 3.63) is 255 Å². The molecule has 8 heterocycles. The molecule has 8 aliphatic rings. The van der Waals surface area contributed by atoms with E-state index in [2.05, 4.69) is 120 Å². The Balaban J connectivity index is 0.000000135. The van der Waals surface area contributed by atoms with Crippen LogP contribution in [0.15, 0.2) is 122 Å². The molecule has 148 heavy (non-hydrogen) atoms. The van der Waals surface area contributed by atoms with Crippen LogP contribution in [0.5, 0.6) is 23.0 Å². The number of hydrogen-bond donors (Lipinski definition) is 4. The number of likely N-dealkylation sites (tertiary alicyclic amines) is 4. The van der Waals surface area contributed by atoms with Gasteiger partial charge in [0.1, 0.15) is 34.2 Å². The van der Waals surface area contributed by atoms with E-state index >= 15 is 0 Å². The van der Waals surface area contributed by atoms with Gasteiger partial charge in [-0.1, -0.05) is 52.0 Å². The summed E-state index contributed by atoms with van der Waals surface area (Å²) in [6.07, 6.45) is 32.2. The van der Waals surface area contributed by atoms with Crippen LogP contribution < -0.4 is 18.9 Å². The predicted molar refractivity (Wildman–Crippen MR) is 584 cm³/mol. The number of methoxy groups -OCH3 is 6. The number of carboxylic acids is 2. The van der Waals surface area contributed by atoms with Gasteiger partial charge < -0.3 is 58.1 Å². The highest BCUT2D eigenvalue weighted by Gasteiger charge is 2.41. The molecule has 0 unspecified atom stereocenters. The number of ether oxygens (including phenoxy) is 8. The number of nitrogens with zero attached hydrogens (tertiary/aromatic N) is 6. The van der Waals surface area contributed by atoms with Crippen LogP contribution in [0.1, 0.15) is 349 Å². The van der Waals surface area contributed by atoms with E-state index in [-0.39, 0.29) is 36.2 Å². The maximum absolute atomic E-state index is 13.1. The number of piperidine rings is 4. The number of H-pyrrole nitrogens is 2. The van der Waals surface area contributed by atoms with Gasteiger partial charge in [0.2, 0.25) is 0 Å². The van der Waals surface area contributed by atoms with Crippen molar-refractivity contribution in [2.24, 2.45) is 23.7 Å². The highest BCUT2D eigenvalue weighted by atomic mass is 16.6. The van der Waals surface area contributed by atoms with E-state index in [1.54, 1.807) is 37.6 Å². The summed E-state index contributed by atoms with van der Waals surface area (Å²) in [5.41, 5.74) is 29.4. The summed E-state index contributed by atoms with van der Waals surface area (Å²) in [6.45, 7) is 35.9. The fraction of sp³-hybridized carbons (Fsp3) is 0.500. The highest BCUT2D eigenvalue weighted by molar-refractivity contribution is 5.98. The molecule has 788 valence electrons. The first-order valence-electron chi connectivity index (χ1n) is 54.3. The van der Waals surface area contributed by atoms with E-state index in [0.29, 0.717) is 71.1 Å². The molecular weight excluding hydrogens is 1860 g/mol. The summed E-state index contributed by atoms with van der Waals surface area (Å²) in [7, 11) is 9.87. The normalized spacial score (nSPS) is 20.3. The molecule has 0 saturated carbocycles. The molecule has 4 saturated heterocycles. The summed E-state index contributed by atoms with van der Waals surface area (Å²) in [6, 6.07) is 34.0. The van der Waals surface area contributed by atoms with Crippen LogP contribution in [-0.4, -0.2) is 165 Å². The van der Waals surface area contributed by atoms with Crippen molar-refractivity contribution in [1.29, 1.82) is 0 Å². The van der Waals surface area contributed by atoms with Gasteiger partial charge in [0.05, 0.1) is 75.9 Å². The third-order valence-electron chi connectivity index (χ3n) is 33.1. The lowest BCUT2D eigenvalue weighted by Gasteiger charge is -2.41. The number of esters is 2. The Hall–Kier alpha value is -12.2. The van der Waals surface area contributed by atoms with Crippen molar-refractivity contribution in [2.45, 2.75) is 313 Å². The van der Waals surface area contributed by atoms with E-state index in [0.717, 1.165) is 259 Å². The van der Waals surface area contributed by atoms with Crippen LogP contribution in [0, 0.1) is 51.4 Å². The second kappa shape index (κ2) is 45.7. The first-order chi connectivity index (χ1) is 71.0. The number of carbonyl (C=O) groups is 6. The van der Waals surface area contributed by atoms with Crippen LogP contribution in [0.25, 0.3) is 43.6 Å². The van der Waals surface area contributed by atoms with Gasteiger partial charge in [-0.3, -0.25) is 28.7 Å². The third-order valence-corrected chi connectivity index (χ3v) is 33.1. The second-order valence-corrected chi connectivity index (χ2v) is 45.4. The first-order valence-corrected chi connectivity index (χ1v) is 54.3. The minimum absolute atomic E-state index is 0.228. The average molecular weight is 2010 g/mol. The van der Waals surface area contributed by atoms with Crippen LogP contribution in [0.3, 0.4) is 0 Å². The predicted octanol–water partition coefficient (Wildman–Crippen LogP) is 26.8. The maximum atomic E-state index is 13.1. The number of nitrogens with one attached hydrogen (secondary N) is 2. The summed E-state index contributed by atoms with van der Waals surface area (Å²) in [5.74, 6) is 3.96. The Morgan fingerprint density at radius 3 is 0.858 bits per heavy atom. The smallest absolute Gasteiger partial charge is 0.419 e. The fourth-order valence-electron chi connectivity index (χ4n) is 25.8. The molecule has 4 aromatic heterocycles. The van der Waals surface area contributed by atoms with E-state index in [1.165, 1.54) is 127 Å². The van der Waals surface area contributed by atoms with Crippen LogP contribution in [0.4, 0.5) is 9.59 Å². The van der Waals surface area contributed by atoms with E-state index in [4.69, 9.17) is 37.9 Å². The number of fused-ring (bicyclic) bond motifs is 8. The minimum atomic E-state index is -0.798. The van der Waals surface area contributed by atoms with Gasteiger partial charge in [0, 0.05) is 130 Å². The standard InChI is InChI=1S/2C34H44N2O5.2C28H34N2O3/c2*1-21-14-16-35(29(18-21)25-12-13-27(32(37)40-7)24-11-9-8-10-23(24)25)20-28-26-15-17-36(33(38)41-34(3,4)5)31(26)22(2)19-30(28)39-6;2*1-17-11-13-30(16-24-22-10-12-29-27(22)18(2)15-26(24)33-3)25(14-17)21-8-9-23(28(31)32)20-7-5-4-6-19(20)21/h2*12-13,15,17,19,21,29H,8-11,14,16,18,20H2,1-7H3;2*8-10,12,15,17,25,29H,4-7,11,13-14,16H2,1-3H3,(H,31,32)/t21-,29+;21-,29-;17-,25+;17-,25-/m1111/s1. The van der Waals surface area contributed by atoms with Crippen LogP contribution in [-0.2, 0) is 96.5 Å². The number of aromatic amines is 2. The lowest BCUT2D eigenvalue weighted by Crippen LogP contribution is -2.37. The molecule has 8 aromatic carbocycles. The molecule has 24 nitrogen and oxygen atoms in total. The Bertz CT molecular complexity index is 6540. The number of aromatic nitrogens is 4. The Labute approximate surface area is 873 Å². The fourth-order valence-corrected chi connectivity index (χ4v) is 25.8. The lowest BCUT2D eigenvalue weighted by atomic mass is 9.79. The Morgan fingerprint density at radius 2 is 0.595 bits per heavy atom. The molecule has 4 aliphatic heterocycles. The largest absolute Gasteiger partial charge is 0.496 e. The van der Waals surface area contributed by atoms with Crippen LogP contribution in [0.2, 0.25) is 0 Å². The third kappa shape index (κ3) is 22.5. The van der Waals surface area contributed by atoms with Crippen molar-refractivity contribution >= 4 is 79.7 Å². The topological polar surface area (TPSA) is 271 Å². The lowest BCUT2D eigenvalue weighted by molar-refractivity contribution is 0.0533. The van der Waals surface area contributed by atoms with Gasteiger partial charge in [-0.15, -0.1) is 0 Å². The monoisotopic (exact) mass is 2010 g/mol. The molecule has 12 aromatic rings. The zero-order valence-electron chi connectivity index (χ0n) is 91.1. The number of rotatable bonds is 20. The molecule has 4 aliphatic carbocycles. The average Bonchev–Trinajstić information content (AvgIpc) is 1.50. The molecule has 0 radical (unpaired) electrons. The number of carboxylic acid groups (broad SMARTS) is 2. The SMILES string of the molecule is COC(=O)c1ccc([C@@H]2C[C@H](C)CCN2Cc2c(OC)cc(C)c3c2ccn3C(=O)OC(C)(C)C)c2c1CCCC2.COC(=O)c1ccc([C@H]2C[C@H](C)CCN2Cc2c(OC)cc(C)c3c2ccn3C(=O)OC(C)(C)C)c2c1CCCC2.COc1cc(C)c2[nH]ccc2c1CN1CC[C@@H](C)C[C@@H]1c1ccc(C(=O)O)c2c1CCCC2.COc1cc(C)c2[nH]ccc2c1CN1CC[C@@H](C)C[C@H]1c1ccc(C(=O)O)c2c1CCCC2. The van der Waals surface area contributed by atoms with Gasteiger partial charge in [0.15, 0.2) is 0 Å².